The maximum atomic E-state index is 12.2. The first kappa shape index (κ1) is 15.3. The van der Waals surface area contributed by atoms with E-state index in [-0.39, 0.29) is 4.90 Å². The van der Waals surface area contributed by atoms with Crippen molar-refractivity contribution in [2.75, 3.05) is 0 Å². The Labute approximate surface area is 128 Å². The minimum atomic E-state index is -3.58. The van der Waals surface area contributed by atoms with E-state index in [9.17, 15) is 8.42 Å². The van der Waals surface area contributed by atoms with Crippen molar-refractivity contribution in [1.82, 2.24) is 4.72 Å². The Morgan fingerprint density at radius 3 is 2.30 bits per heavy atom. The van der Waals surface area contributed by atoms with Gasteiger partial charge in [0.1, 0.15) is 0 Å². The number of benzene rings is 2. The third-order valence-electron chi connectivity index (χ3n) is 2.81. The molecule has 0 aliphatic heterocycles. The highest BCUT2D eigenvalue weighted by atomic mass is 35.5. The summed E-state index contributed by atoms with van der Waals surface area (Å²) >= 11 is 11.9. The van der Waals surface area contributed by atoms with Crippen LogP contribution in [0, 0.1) is 0 Å². The predicted octanol–water partition coefficient (Wildman–Crippen LogP) is 4.03. The zero-order valence-corrected chi connectivity index (χ0v) is 13.0. The van der Waals surface area contributed by atoms with Crippen molar-refractivity contribution in [3.63, 3.8) is 0 Å². The van der Waals surface area contributed by atoms with Crippen LogP contribution in [0.2, 0.25) is 10.0 Å². The van der Waals surface area contributed by atoms with E-state index in [1.54, 1.807) is 55.5 Å². The normalized spacial score (nSPS) is 13.2. The SMILES string of the molecule is CC(NS(=O)(=O)c1ccccc1)c1ccc(Cl)cc1Cl. The summed E-state index contributed by atoms with van der Waals surface area (Å²) in [7, 11) is -3.58. The molecule has 1 unspecified atom stereocenters. The van der Waals surface area contributed by atoms with Gasteiger partial charge in [-0.1, -0.05) is 47.5 Å². The number of rotatable bonds is 4. The van der Waals surface area contributed by atoms with Gasteiger partial charge in [0.25, 0.3) is 0 Å². The number of hydrogen-bond donors (Lipinski definition) is 1. The quantitative estimate of drug-likeness (QED) is 0.920. The number of hydrogen-bond acceptors (Lipinski definition) is 2. The molecule has 0 heterocycles. The number of halogens is 2. The molecule has 2 rings (SSSR count). The van der Waals surface area contributed by atoms with Crippen molar-refractivity contribution < 1.29 is 8.42 Å². The van der Waals surface area contributed by atoms with Crippen molar-refractivity contribution in [3.05, 3.63) is 64.1 Å². The fraction of sp³-hybridized carbons (Fsp3) is 0.143. The Morgan fingerprint density at radius 1 is 1.05 bits per heavy atom. The molecule has 0 fully saturated rings. The van der Waals surface area contributed by atoms with Crippen LogP contribution in [0.15, 0.2) is 53.4 Å². The van der Waals surface area contributed by atoms with Crippen LogP contribution in [0.25, 0.3) is 0 Å². The van der Waals surface area contributed by atoms with Crippen molar-refractivity contribution >= 4 is 33.2 Å². The zero-order chi connectivity index (χ0) is 14.8. The van der Waals surface area contributed by atoms with Gasteiger partial charge in [-0.05, 0) is 36.8 Å². The van der Waals surface area contributed by atoms with E-state index in [4.69, 9.17) is 23.2 Å². The van der Waals surface area contributed by atoms with Gasteiger partial charge < -0.3 is 0 Å². The monoisotopic (exact) mass is 329 g/mol. The molecule has 0 spiro atoms. The van der Waals surface area contributed by atoms with Crippen LogP contribution in [0.3, 0.4) is 0 Å². The molecule has 2 aromatic carbocycles. The maximum Gasteiger partial charge on any atom is 0.241 e. The molecule has 0 aliphatic rings. The van der Waals surface area contributed by atoms with Gasteiger partial charge in [-0.2, -0.15) is 0 Å². The van der Waals surface area contributed by atoms with Gasteiger partial charge in [0.15, 0.2) is 0 Å². The lowest BCUT2D eigenvalue weighted by Crippen LogP contribution is -2.27. The van der Waals surface area contributed by atoms with Crippen molar-refractivity contribution in [3.8, 4) is 0 Å². The zero-order valence-electron chi connectivity index (χ0n) is 10.7. The van der Waals surface area contributed by atoms with Gasteiger partial charge in [0.05, 0.1) is 4.90 Å². The van der Waals surface area contributed by atoms with Crippen molar-refractivity contribution in [2.24, 2.45) is 0 Å². The van der Waals surface area contributed by atoms with Gasteiger partial charge in [-0.15, -0.1) is 0 Å². The molecule has 0 bridgehead atoms. The molecule has 106 valence electrons. The fourth-order valence-corrected chi connectivity index (χ4v) is 3.63. The van der Waals surface area contributed by atoms with E-state index in [2.05, 4.69) is 4.72 Å². The number of nitrogens with one attached hydrogen (secondary N) is 1. The fourth-order valence-electron chi connectivity index (χ4n) is 1.82. The second-order valence-electron chi connectivity index (χ2n) is 4.32. The van der Waals surface area contributed by atoms with E-state index in [1.807, 2.05) is 0 Å². The molecule has 0 saturated heterocycles. The summed E-state index contributed by atoms with van der Waals surface area (Å²) in [6.07, 6.45) is 0. The molecule has 1 N–H and O–H groups in total. The van der Waals surface area contributed by atoms with Gasteiger partial charge in [0, 0.05) is 16.1 Å². The Kier molecular flexibility index (Phi) is 4.70. The minimum absolute atomic E-state index is 0.219. The molecule has 0 amide bonds. The summed E-state index contributed by atoms with van der Waals surface area (Å²) in [5.74, 6) is 0. The topological polar surface area (TPSA) is 46.2 Å². The van der Waals surface area contributed by atoms with Crippen molar-refractivity contribution in [2.45, 2.75) is 17.9 Å². The second-order valence-corrected chi connectivity index (χ2v) is 6.88. The lowest BCUT2D eigenvalue weighted by molar-refractivity contribution is 0.567. The Bertz CT molecular complexity index is 702. The molecule has 0 aromatic heterocycles. The third kappa shape index (κ3) is 3.52. The highest BCUT2D eigenvalue weighted by molar-refractivity contribution is 7.89. The van der Waals surface area contributed by atoms with Crippen LogP contribution in [0.5, 0.6) is 0 Å². The minimum Gasteiger partial charge on any atom is -0.207 e. The first-order valence-electron chi connectivity index (χ1n) is 5.92. The van der Waals surface area contributed by atoms with Crippen molar-refractivity contribution in [1.29, 1.82) is 0 Å². The molecule has 3 nitrogen and oxygen atoms in total. The molecule has 0 radical (unpaired) electrons. The van der Waals surface area contributed by atoms with Crippen LogP contribution in [0.4, 0.5) is 0 Å². The second kappa shape index (κ2) is 6.14. The van der Waals surface area contributed by atoms with Crippen LogP contribution < -0.4 is 4.72 Å². The molecule has 6 heteroatoms. The molecule has 1 atom stereocenters. The highest BCUT2D eigenvalue weighted by Gasteiger charge is 2.19. The van der Waals surface area contributed by atoms with Gasteiger partial charge in [-0.3, -0.25) is 0 Å². The largest absolute Gasteiger partial charge is 0.241 e. The summed E-state index contributed by atoms with van der Waals surface area (Å²) in [4.78, 5) is 0.219. The summed E-state index contributed by atoms with van der Waals surface area (Å²) < 4.78 is 27.0. The molecule has 0 saturated carbocycles. The lowest BCUT2D eigenvalue weighted by Gasteiger charge is -2.16. The van der Waals surface area contributed by atoms with Crippen LogP contribution in [-0.2, 0) is 10.0 Å². The average Bonchev–Trinajstić information content (AvgIpc) is 2.39. The first-order valence-corrected chi connectivity index (χ1v) is 8.16. The molecule has 20 heavy (non-hydrogen) atoms. The van der Waals surface area contributed by atoms with E-state index in [0.717, 1.165) is 0 Å². The van der Waals surface area contributed by atoms with Crippen LogP contribution in [-0.4, -0.2) is 8.42 Å². The Morgan fingerprint density at radius 2 is 1.70 bits per heavy atom. The third-order valence-corrected chi connectivity index (χ3v) is 4.93. The van der Waals surface area contributed by atoms with E-state index >= 15 is 0 Å². The standard InChI is InChI=1S/C14H13Cl2NO2S/c1-10(13-8-7-11(15)9-14(13)16)17-20(18,19)12-5-3-2-4-6-12/h2-10,17H,1H3. The Balaban J connectivity index is 2.25. The Hall–Kier alpha value is -1.07. The summed E-state index contributed by atoms with van der Waals surface area (Å²) in [5, 5.41) is 0.942. The predicted molar refractivity (Wildman–Crippen MR) is 81.6 cm³/mol. The molecule has 0 aliphatic carbocycles. The summed E-state index contributed by atoms with van der Waals surface area (Å²) in [6.45, 7) is 1.73. The van der Waals surface area contributed by atoms with E-state index in [1.165, 1.54) is 0 Å². The summed E-state index contributed by atoms with van der Waals surface area (Å²) in [5.41, 5.74) is 0.676. The molecule has 2 aromatic rings. The van der Waals surface area contributed by atoms with Crippen LogP contribution >= 0.6 is 23.2 Å². The van der Waals surface area contributed by atoms with Crippen LogP contribution in [0.1, 0.15) is 18.5 Å². The van der Waals surface area contributed by atoms with E-state index < -0.39 is 16.1 Å². The van der Waals surface area contributed by atoms with Gasteiger partial charge >= 0.3 is 0 Å². The number of sulfonamides is 1. The molecular weight excluding hydrogens is 317 g/mol. The lowest BCUT2D eigenvalue weighted by atomic mass is 10.1. The van der Waals surface area contributed by atoms with E-state index in [0.29, 0.717) is 15.6 Å². The van der Waals surface area contributed by atoms with Gasteiger partial charge in [-0.25, -0.2) is 13.1 Å². The maximum absolute atomic E-state index is 12.2. The average molecular weight is 330 g/mol. The van der Waals surface area contributed by atoms with Gasteiger partial charge in [0.2, 0.25) is 10.0 Å². The summed E-state index contributed by atoms with van der Waals surface area (Å²) in [6, 6.07) is 12.7. The smallest absolute Gasteiger partial charge is 0.207 e. The molecular formula is C14H13Cl2NO2S. The highest BCUT2D eigenvalue weighted by Crippen LogP contribution is 2.27. The first-order chi connectivity index (χ1) is 9.40.